The summed E-state index contributed by atoms with van der Waals surface area (Å²) in [5.74, 6) is -2.72. The van der Waals surface area contributed by atoms with Gasteiger partial charge in [-0.2, -0.15) is 14.0 Å². The lowest BCUT2D eigenvalue weighted by atomic mass is 10.0. The Labute approximate surface area is 195 Å². The summed E-state index contributed by atoms with van der Waals surface area (Å²) in [5.41, 5.74) is 0.689. The number of carbonyl (C=O) groups is 1. The first-order valence-corrected chi connectivity index (χ1v) is 11.1. The standard InChI is InChI=1S/C25H22F2N6O/c1-16-11-18-14-32(15-21(16)33(18)22-6-5-17(12-28)13-31-22)23(34)7-8-25(26,27)19-3-2-4-20-24(19)30-10-9-29-20/h2-10,13,16,18,21H,11,14-15H2,1H3/b8-7+/t16-,18?,21?/m0/s1. The first-order chi connectivity index (χ1) is 16.4. The average molecular weight is 460 g/mol. The van der Waals surface area contributed by atoms with E-state index in [1.165, 1.54) is 24.5 Å². The van der Waals surface area contributed by atoms with E-state index < -0.39 is 11.8 Å². The molecule has 7 nitrogen and oxygen atoms in total. The van der Waals surface area contributed by atoms with Crippen molar-refractivity contribution < 1.29 is 13.6 Å². The van der Waals surface area contributed by atoms with E-state index in [1.807, 2.05) is 6.07 Å². The van der Waals surface area contributed by atoms with Gasteiger partial charge >= 0.3 is 0 Å². The van der Waals surface area contributed by atoms with Gasteiger partial charge in [0.25, 0.3) is 5.92 Å². The van der Waals surface area contributed by atoms with Crippen LogP contribution in [0.5, 0.6) is 0 Å². The van der Waals surface area contributed by atoms with Crippen LogP contribution < -0.4 is 4.90 Å². The maximum Gasteiger partial charge on any atom is 0.294 e. The maximum atomic E-state index is 15.0. The molecule has 34 heavy (non-hydrogen) atoms. The number of rotatable bonds is 4. The number of pyridine rings is 1. The molecule has 0 saturated carbocycles. The molecule has 2 unspecified atom stereocenters. The van der Waals surface area contributed by atoms with Crippen LogP contribution in [0.3, 0.4) is 0 Å². The Hall–Kier alpha value is -3.93. The van der Waals surface area contributed by atoms with Crippen LogP contribution in [0.1, 0.15) is 24.5 Å². The van der Waals surface area contributed by atoms with Crippen molar-refractivity contribution in [2.75, 3.05) is 18.0 Å². The molecule has 0 radical (unpaired) electrons. The third-order valence-electron chi connectivity index (χ3n) is 6.64. The van der Waals surface area contributed by atoms with Crippen LogP contribution >= 0.6 is 0 Å². The van der Waals surface area contributed by atoms with Crippen molar-refractivity contribution in [2.24, 2.45) is 5.92 Å². The molecular weight excluding hydrogens is 438 g/mol. The number of amides is 1. The monoisotopic (exact) mass is 460 g/mol. The largest absolute Gasteiger partial charge is 0.347 e. The van der Waals surface area contributed by atoms with E-state index >= 15 is 8.78 Å². The SMILES string of the molecule is C[C@H]1CC2CN(C(=O)/C=C/C(F)(F)c3cccc4nccnc34)CC1N2c1ccc(C#N)cn1. The lowest BCUT2D eigenvalue weighted by Crippen LogP contribution is -2.56. The third-order valence-corrected chi connectivity index (χ3v) is 6.64. The number of halogens is 2. The average Bonchev–Trinajstić information content (AvgIpc) is 3.05. The van der Waals surface area contributed by atoms with Gasteiger partial charge in [0.15, 0.2) is 0 Å². The van der Waals surface area contributed by atoms with E-state index in [1.54, 1.807) is 23.2 Å². The van der Waals surface area contributed by atoms with Gasteiger partial charge in [-0.1, -0.05) is 19.1 Å². The molecule has 172 valence electrons. The van der Waals surface area contributed by atoms with Crippen LogP contribution in [-0.4, -0.2) is 50.9 Å². The lowest BCUT2D eigenvalue weighted by Gasteiger charge is -2.42. The molecule has 2 fully saturated rings. The highest BCUT2D eigenvalue weighted by atomic mass is 19.3. The Bertz CT molecular complexity index is 1300. The van der Waals surface area contributed by atoms with Crippen molar-refractivity contribution in [1.82, 2.24) is 19.9 Å². The molecule has 0 N–H and O–H groups in total. The molecule has 5 rings (SSSR count). The van der Waals surface area contributed by atoms with Crippen molar-refractivity contribution >= 4 is 22.8 Å². The highest BCUT2D eigenvalue weighted by Gasteiger charge is 2.45. The number of hydrogen-bond acceptors (Lipinski definition) is 6. The van der Waals surface area contributed by atoms with Gasteiger partial charge in [0.2, 0.25) is 5.91 Å². The van der Waals surface area contributed by atoms with Crippen molar-refractivity contribution in [3.05, 3.63) is 72.2 Å². The Morgan fingerprint density at radius 1 is 1.18 bits per heavy atom. The molecule has 2 aliphatic heterocycles. The number of alkyl halides is 2. The Morgan fingerprint density at radius 2 is 2.00 bits per heavy atom. The zero-order chi connectivity index (χ0) is 23.9. The number of para-hydroxylation sites is 1. The minimum atomic E-state index is -3.37. The number of fused-ring (bicyclic) bond motifs is 3. The highest BCUT2D eigenvalue weighted by molar-refractivity contribution is 5.88. The van der Waals surface area contributed by atoms with Crippen LogP contribution in [-0.2, 0) is 10.7 Å². The van der Waals surface area contributed by atoms with Crippen molar-refractivity contribution in [3.8, 4) is 6.07 Å². The zero-order valence-corrected chi connectivity index (χ0v) is 18.5. The lowest BCUT2D eigenvalue weighted by molar-refractivity contribution is -0.127. The molecule has 2 aromatic heterocycles. The van der Waals surface area contributed by atoms with Gasteiger partial charge in [-0.3, -0.25) is 14.8 Å². The molecule has 9 heteroatoms. The number of nitriles is 1. The van der Waals surface area contributed by atoms with Gasteiger partial charge in [0.1, 0.15) is 11.9 Å². The van der Waals surface area contributed by atoms with E-state index in [2.05, 4.69) is 32.8 Å². The minimum Gasteiger partial charge on any atom is -0.347 e. The number of carbonyl (C=O) groups excluding carboxylic acids is 1. The Morgan fingerprint density at radius 3 is 2.74 bits per heavy atom. The van der Waals surface area contributed by atoms with Crippen LogP contribution in [0.15, 0.2) is 61.1 Å². The quantitative estimate of drug-likeness (QED) is 0.553. The molecular formula is C25H22F2N6O. The molecule has 3 atom stereocenters. The maximum absolute atomic E-state index is 15.0. The van der Waals surface area contributed by atoms with Gasteiger partial charge in [0, 0.05) is 43.8 Å². The zero-order valence-electron chi connectivity index (χ0n) is 18.5. The number of allylic oxidation sites excluding steroid dienone is 1. The predicted octanol–water partition coefficient (Wildman–Crippen LogP) is 3.67. The van der Waals surface area contributed by atoms with E-state index in [-0.39, 0.29) is 23.2 Å². The summed E-state index contributed by atoms with van der Waals surface area (Å²) in [6, 6.07) is 10.1. The molecule has 2 aliphatic rings. The van der Waals surface area contributed by atoms with Crippen LogP contribution in [0.4, 0.5) is 14.6 Å². The fourth-order valence-electron chi connectivity index (χ4n) is 5.00. The van der Waals surface area contributed by atoms with Gasteiger partial charge in [0.05, 0.1) is 28.2 Å². The summed E-state index contributed by atoms with van der Waals surface area (Å²) in [7, 11) is 0. The molecule has 4 heterocycles. The first-order valence-electron chi connectivity index (χ1n) is 11.1. The smallest absolute Gasteiger partial charge is 0.294 e. The van der Waals surface area contributed by atoms with Crippen molar-refractivity contribution in [1.29, 1.82) is 5.26 Å². The van der Waals surface area contributed by atoms with Crippen LogP contribution in [0.25, 0.3) is 11.0 Å². The molecule has 1 aromatic carbocycles. The van der Waals surface area contributed by atoms with Crippen LogP contribution in [0, 0.1) is 17.2 Å². The normalized spacial score (nSPS) is 22.4. The second-order valence-corrected chi connectivity index (χ2v) is 8.79. The van der Waals surface area contributed by atoms with E-state index in [0.717, 1.165) is 18.3 Å². The number of hydrogen-bond donors (Lipinski definition) is 0. The van der Waals surface area contributed by atoms with Gasteiger partial charge in [-0.05, 0) is 36.6 Å². The van der Waals surface area contributed by atoms with Gasteiger partial charge < -0.3 is 9.80 Å². The third kappa shape index (κ3) is 3.85. The number of piperazine rings is 1. The summed E-state index contributed by atoms with van der Waals surface area (Å²) in [6.45, 7) is 2.98. The van der Waals surface area contributed by atoms with Crippen LogP contribution in [0.2, 0.25) is 0 Å². The molecule has 1 amide bonds. The number of nitrogens with zero attached hydrogens (tertiary/aromatic N) is 6. The minimum absolute atomic E-state index is 0.0328. The van der Waals surface area contributed by atoms with Crippen molar-refractivity contribution in [2.45, 2.75) is 31.4 Å². The van der Waals surface area contributed by atoms with E-state index in [0.29, 0.717) is 36.2 Å². The van der Waals surface area contributed by atoms with Gasteiger partial charge in [-0.25, -0.2) is 4.98 Å². The fraction of sp³-hybridized carbons (Fsp3) is 0.320. The van der Waals surface area contributed by atoms with E-state index in [4.69, 9.17) is 5.26 Å². The molecule has 0 spiro atoms. The number of anilines is 1. The summed E-state index contributed by atoms with van der Waals surface area (Å²) in [5, 5.41) is 9.01. The Balaban J connectivity index is 1.33. The molecule has 3 aromatic rings. The highest BCUT2D eigenvalue weighted by Crippen LogP contribution is 2.38. The Kier molecular flexibility index (Phi) is 5.44. The molecule has 0 aliphatic carbocycles. The number of benzene rings is 1. The predicted molar refractivity (Wildman–Crippen MR) is 122 cm³/mol. The van der Waals surface area contributed by atoms with Gasteiger partial charge in [-0.15, -0.1) is 0 Å². The second-order valence-electron chi connectivity index (χ2n) is 8.79. The second kappa shape index (κ2) is 8.45. The molecule has 2 bridgehead atoms. The molecule has 2 saturated heterocycles. The number of aromatic nitrogens is 3. The summed E-state index contributed by atoms with van der Waals surface area (Å²) >= 11 is 0. The first kappa shape index (κ1) is 21.9. The summed E-state index contributed by atoms with van der Waals surface area (Å²) < 4.78 is 30.0. The van der Waals surface area contributed by atoms with Crippen molar-refractivity contribution in [3.63, 3.8) is 0 Å². The van der Waals surface area contributed by atoms with E-state index in [9.17, 15) is 4.79 Å². The summed E-state index contributed by atoms with van der Waals surface area (Å²) in [4.78, 5) is 29.3. The fourth-order valence-corrected chi connectivity index (χ4v) is 5.00. The summed E-state index contributed by atoms with van der Waals surface area (Å²) in [6.07, 6.45) is 6.86. The number of likely N-dealkylation sites (tertiary alicyclic amines) is 1. The topological polar surface area (TPSA) is 86.0 Å².